The third kappa shape index (κ3) is 7.25. The Morgan fingerprint density at radius 1 is 1.12 bits per heavy atom. The van der Waals surface area contributed by atoms with Crippen LogP contribution in [0.3, 0.4) is 0 Å². The lowest BCUT2D eigenvalue weighted by atomic mass is 9.70. The molecule has 0 saturated carbocycles. The first kappa shape index (κ1) is 36.5. The van der Waals surface area contributed by atoms with Gasteiger partial charge in [-0.3, -0.25) is 19.2 Å². The van der Waals surface area contributed by atoms with Gasteiger partial charge < -0.3 is 29.7 Å². The van der Waals surface area contributed by atoms with Gasteiger partial charge in [-0.2, -0.15) is 0 Å². The van der Waals surface area contributed by atoms with Crippen molar-refractivity contribution in [1.82, 2.24) is 15.1 Å². The smallest absolute Gasteiger partial charge is 0.306 e. The van der Waals surface area contributed by atoms with Gasteiger partial charge >= 0.3 is 5.97 Å². The topological polar surface area (TPSA) is 125 Å². The van der Waals surface area contributed by atoms with Gasteiger partial charge in [-0.15, -0.1) is 13.2 Å². The highest BCUT2D eigenvalue weighted by Gasteiger charge is 2.77. The Balaban J connectivity index is 1.50. The molecule has 1 spiro atoms. The number of allylic oxidation sites excluding steroid dienone is 1. The molecule has 5 rings (SSSR count). The van der Waals surface area contributed by atoms with E-state index in [1.165, 1.54) is 4.90 Å². The van der Waals surface area contributed by atoms with Crippen molar-refractivity contribution in [2.24, 2.45) is 17.8 Å². The third-order valence-corrected chi connectivity index (χ3v) is 10.8. The molecule has 262 valence electrons. The molecule has 3 saturated heterocycles. The van der Waals surface area contributed by atoms with Gasteiger partial charge in [0.1, 0.15) is 18.2 Å². The molecule has 8 atom stereocenters. The SMILES string of the molecule is C=CCCC(=O)OC[C@@H](NC(=O)[C@H]1[C@@H]2O[C@@]3(CC2Br)[C@@H]1C(=O)N([C@@H](CO)C(C)C)[C@@H]3C(=O)N(CC=C)Cc1ccccc1)c1ccccc1. The van der Waals surface area contributed by atoms with Gasteiger partial charge in [-0.05, 0) is 29.9 Å². The normalized spacial score (nSPS) is 26.6. The maximum atomic E-state index is 14.8. The van der Waals surface area contributed by atoms with Crippen LogP contribution in [0.25, 0.3) is 0 Å². The molecular weight excluding hydrogens is 690 g/mol. The minimum Gasteiger partial charge on any atom is -0.463 e. The maximum Gasteiger partial charge on any atom is 0.306 e. The number of hydrogen-bond acceptors (Lipinski definition) is 7. The molecule has 10 nitrogen and oxygen atoms in total. The van der Waals surface area contributed by atoms with Crippen LogP contribution < -0.4 is 5.32 Å². The van der Waals surface area contributed by atoms with Gasteiger partial charge in [0, 0.05) is 24.3 Å². The summed E-state index contributed by atoms with van der Waals surface area (Å²) in [6, 6.07) is 16.3. The zero-order valence-corrected chi connectivity index (χ0v) is 29.7. The molecular formula is C38H46BrN3O7. The predicted octanol–water partition coefficient (Wildman–Crippen LogP) is 4.33. The summed E-state index contributed by atoms with van der Waals surface area (Å²) in [7, 11) is 0. The number of alkyl halides is 1. The van der Waals surface area contributed by atoms with E-state index in [9.17, 15) is 24.3 Å². The number of amides is 3. The van der Waals surface area contributed by atoms with E-state index in [1.54, 1.807) is 17.1 Å². The molecule has 3 fully saturated rings. The number of likely N-dealkylation sites (tertiary alicyclic amines) is 1. The molecule has 0 aliphatic carbocycles. The monoisotopic (exact) mass is 735 g/mol. The molecule has 0 aromatic heterocycles. The van der Waals surface area contributed by atoms with Gasteiger partial charge in [-0.25, -0.2) is 0 Å². The van der Waals surface area contributed by atoms with E-state index < -0.39 is 59.5 Å². The fourth-order valence-corrected chi connectivity index (χ4v) is 8.57. The first-order valence-corrected chi connectivity index (χ1v) is 17.8. The molecule has 3 heterocycles. The van der Waals surface area contributed by atoms with Crippen LogP contribution in [0.2, 0.25) is 0 Å². The van der Waals surface area contributed by atoms with Gasteiger partial charge in [0.15, 0.2) is 0 Å². The average Bonchev–Trinajstić information content (AvgIpc) is 3.69. The van der Waals surface area contributed by atoms with Crippen LogP contribution in [0, 0.1) is 17.8 Å². The zero-order valence-electron chi connectivity index (χ0n) is 28.1. The lowest BCUT2D eigenvalue weighted by Gasteiger charge is -2.40. The Morgan fingerprint density at radius 3 is 2.41 bits per heavy atom. The summed E-state index contributed by atoms with van der Waals surface area (Å²) in [5.74, 6) is -3.67. The highest BCUT2D eigenvalue weighted by Crippen LogP contribution is 2.60. The highest BCUT2D eigenvalue weighted by atomic mass is 79.9. The van der Waals surface area contributed by atoms with Crippen molar-refractivity contribution in [3.63, 3.8) is 0 Å². The molecule has 2 bridgehead atoms. The molecule has 2 N–H and O–H groups in total. The molecule has 3 amide bonds. The van der Waals surface area contributed by atoms with E-state index >= 15 is 0 Å². The number of esters is 1. The number of benzene rings is 2. The summed E-state index contributed by atoms with van der Waals surface area (Å²) in [5.41, 5.74) is 0.331. The number of ether oxygens (including phenoxy) is 2. The number of nitrogens with one attached hydrogen (secondary N) is 1. The van der Waals surface area contributed by atoms with E-state index in [1.807, 2.05) is 74.5 Å². The van der Waals surface area contributed by atoms with Crippen LogP contribution >= 0.6 is 15.9 Å². The fraction of sp³-hybridized carbons (Fsp3) is 0.474. The molecule has 0 radical (unpaired) electrons. The molecule has 3 aliphatic rings. The maximum absolute atomic E-state index is 14.8. The van der Waals surface area contributed by atoms with E-state index in [0.29, 0.717) is 12.8 Å². The largest absolute Gasteiger partial charge is 0.463 e. The number of carbonyl (C=O) groups excluding carboxylic acids is 4. The lowest BCUT2D eigenvalue weighted by Crippen LogP contribution is -2.59. The number of fused-ring (bicyclic) bond motifs is 1. The first-order valence-electron chi connectivity index (χ1n) is 16.9. The van der Waals surface area contributed by atoms with Crippen molar-refractivity contribution in [3.05, 3.63) is 97.1 Å². The summed E-state index contributed by atoms with van der Waals surface area (Å²) in [6.07, 6.45) is 3.56. The Bertz CT molecular complexity index is 1520. The fourth-order valence-electron chi connectivity index (χ4n) is 7.63. The van der Waals surface area contributed by atoms with Crippen LogP contribution in [-0.2, 0) is 35.2 Å². The quantitative estimate of drug-likeness (QED) is 0.149. The number of carbonyl (C=O) groups is 4. The Hall–Kier alpha value is -3.80. The van der Waals surface area contributed by atoms with Crippen molar-refractivity contribution in [1.29, 1.82) is 0 Å². The third-order valence-electron chi connectivity index (χ3n) is 9.94. The first-order chi connectivity index (χ1) is 23.6. The number of nitrogens with zero attached hydrogens (tertiary/aromatic N) is 2. The van der Waals surface area contributed by atoms with Crippen LogP contribution in [0.1, 0.15) is 50.3 Å². The van der Waals surface area contributed by atoms with E-state index in [2.05, 4.69) is 34.4 Å². The standard InChI is InChI=1S/C38H46BrN3O7/c1-5-7-18-30(44)48-23-28(26-16-12-9-13-17-26)40-35(45)31-32-36(46)42(29(22-43)24(3)4)34(38(32)20-27(39)33(31)49-38)37(47)41(19-6-2)21-25-14-10-8-11-15-25/h5-6,8-17,24,27-29,31-34,43H,1-2,7,18-23H2,3-4H3,(H,40,45)/t27?,28-,29+,31-,32+,33-,34-,38+/m1/s1. The van der Waals surface area contributed by atoms with Crippen molar-refractivity contribution < 1.29 is 33.8 Å². The molecule has 11 heteroatoms. The Kier molecular flexibility index (Phi) is 11.8. The van der Waals surface area contributed by atoms with Crippen molar-refractivity contribution >= 4 is 39.6 Å². The summed E-state index contributed by atoms with van der Waals surface area (Å²) < 4.78 is 12.3. The second-order valence-electron chi connectivity index (χ2n) is 13.4. The van der Waals surface area contributed by atoms with Crippen LogP contribution in [0.5, 0.6) is 0 Å². The second kappa shape index (κ2) is 15.8. The summed E-state index contributed by atoms with van der Waals surface area (Å²) in [4.78, 5) is 59.1. The molecule has 49 heavy (non-hydrogen) atoms. The van der Waals surface area contributed by atoms with Gasteiger partial charge in [0.05, 0.1) is 36.6 Å². The summed E-state index contributed by atoms with van der Waals surface area (Å²) in [6.45, 7) is 11.4. The molecule has 2 aromatic rings. The molecule has 1 unspecified atom stereocenters. The lowest BCUT2D eigenvalue weighted by molar-refractivity contribution is -0.152. The predicted molar refractivity (Wildman–Crippen MR) is 188 cm³/mol. The van der Waals surface area contributed by atoms with Crippen molar-refractivity contribution in [2.45, 2.75) is 74.3 Å². The zero-order chi connectivity index (χ0) is 35.3. The van der Waals surface area contributed by atoms with Gasteiger partial charge in [0.25, 0.3) is 0 Å². The number of hydrogen-bond donors (Lipinski definition) is 2. The minimum atomic E-state index is -1.31. The number of halogens is 1. The molecule has 2 aromatic carbocycles. The number of aliphatic hydroxyl groups is 1. The average molecular weight is 737 g/mol. The van der Waals surface area contributed by atoms with E-state index in [-0.39, 0.29) is 49.4 Å². The summed E-state index contributed by atoms with van der Waals surface area (Å²) >= 11 is 3.74. The van der Waals surface area contributed by atoms with Gasteiger partial charge in [-0.1, -0.05) is 103 Å². The number of aliphatic hydroxyl groups excluding tert-OH is 1. The second-order valence-corrected chi connectivity index (χ2v) is 14.6. The van der Waals surface area contributed by atoms with Crippen LogP contribution in [-0.4, -0.2) is 87.0 Å². The van der Waals surface area contributed by atoms with Crippen molar-refractivity contribution in [3.8, 4) is 0 Å². The van der Waals surface area contributed by atoms with Crippen LogP contribution in [0.4, 0.5) is 0 Å². The highest BCUT2D eigenvalue weighted by molar-refractivity contribution is 9.09. The van der Waals surface area contributed by atoms with E-state index in [0.717, 1.165) is 11.1 Å². The minimum absolute atomic E-state index is 0.103. The van der Waals surface area contributed by atoms with Gasteiger partial charge in [0.2, 0.25) is 17.7 Å². The summed E-state index contributed by atoms with van der Waals surface area (Å²) in [5, 5.41) is 13.7. The van der Waals surface area contributed by atoms with E-state index in [4.69, 9.17) is 9.47 Å². The Morgan fingerprint density at radius 2 is 1.80 bits per heavy atom. The van der Waals surface area contributed by atoms with Crippen LogP contribution in [0.15, 0.2) is 86.0 Å². The Labute approximate surface area is 296 Å². The number of rotatable bonds is 16. The van der Waals surface area contributed by atoms with Crippen molar-refractivity contribution in [2.75, 3.05) is 19.8 Å². The molecule has 3 aliphatic heterocycles.